The van der Waals surface area contributed by atoms with Gasteiger partial charge in [-0.1, -0.05) is 44.2 Å². The van der Waals surface area contributed by atoms with Crippen LogP contribution in [0.1, 0.15) is 83.6 Å². The first kappa shape index (κ1) is 23.3. The maximum atomic E-state index is 13.6. The van der Waals surface area contributed by atoms with E-state index in [1.54, 1.807) is 6.92 Å². The summed E-state index contributed by atoms with van der Waals surface area (Å²) in [6, 6.07) is 9.86. The summed E-state index contributed by atoms with van der Waals surface area (Å²) in [5, 5.41) is 2.95. The Morgan fingerprint density at radius 3 is 2.35 bits per heavy atom. The van der Waals surface area contributed by atoms with Crippen molar-refractivity contribution in [2.75, 3.05) is 18.5 Å². The molecule has 7 heteroatoms. The lowest BCUT2D eigenvalue weighted by Crippen LogP contribution is -2.50. The van der Waals surface area contributed by atoms with Gasteiger partial charge in [-0.25, -0.2) is 4.98 Å². The van der Waals surface area contributed by atoms with E-state index >= 15 is 0 Å². The number of para-hydroxylation sites is 2. The molecule has 2 bridgehead atoms. The zero-order valence-corrected chi connectivity index (χ0v) is 20.4. The Bertz CT molecular complexity index is 1050. The molecule has 1 aromatic heterocycles. The van der Waals surface area contributed by atoms with E-state index in [1.807, 2.05) is 28.8 Å². The third kappa shape index (κ3) is 4.72. The van der Waals surface area contributed by atoms with Crippen LogP contribution in [0.15, 0.2) is 29.1 Å². The first-order valence-electron chi connectivity index (χ1n) is 13.3. The van der Waals surface area contributed by atoms with Crippen molar-refractivity contribution in [3.63, 3.8) is 0 Å². The Morgan fingerprint density at radius 1 is 0.971 bits per heavy atom. The zero-order chi connectivity index (χ0) is 23.5. The fraction of sp³-hybridized carbons (Fsp3) is 0.667. The fourth-order valence-corrected chi connectivity index (χ4v) is 6.72. The van der Waals surface area contributed by atoms with Crippen molar-refractivity contribution < 1.29 is 9.53 Å². The lowest BCUT2D eigenvalue weighted by Gasteiger charge is -2.45. The van der Waals surface area contributed by atoms with Crippen LogP contribution in [0.4, 0.5) is 5.82 Å². The van der Waals surface area contributed by atoms with Crippen LogP contribution in [0.5, 0.6) is 0 Å². The Balaban J connectivity index is 1.41. The number of esters is 1. The van der Waals surface area contributed by atoms with Crippen LogP contribution >= 0.6 is 0 Å². The van der Waals surface area contributed by atoms with Gasteiger partial charge in [0.05, 0.1) is 17.6 Å². The summed E-state index contributed by atoms with van der Waals surface area (Å²) in [6.07, 6.45) is 14.0. The van der Waals surface area contributed by atoms with Crippen LogP contribution in [-0.4, -0.2) is 51.7 Å². The third-order valence-electron chi connectivity index (χ3n) is 8.13. The van der Waals surface area contributed by atoms with Gasteiger partial charge in [-0.15, -0.1) is 0 Å². The van der Waals surface area contributed by atoms with Gasteiger partial charge in [0.2, 0.25) is 0 Å². The van der Waals surface area contributed by atoms with Crippen molar-refractivity contribution in [1.82, 2.24) is 14.5 Å². The molecule has 3 fully saturated rings. The van der Waals surface area contributed by atoms with Crippen LogP contribution < -0.4 is 10.9 Å². The molecule has 5 rings (SSSR count). The Hall–Kier alpha value is -2.41. The molecule has 0 spiro atoms. The summed E-state index contributed by atoms with van der Waals surface area (Å²) < 4.78 is 6.99. The molecule has 3 atom stereocenters. The van der Waals surface area contributed by atoms with Gasteiger partial charge in [0.15, 0.2) is 5.82 Å². The molecule has 184 valence electrons. The first-order chi connectivity index (χ1) is 16.7. The van der Waals surface area contributed by atoms with Gasteiger partial charge in [-0.05, 0) is 57.6 Å². The summed E-state index contributed by atoms with van der Waals surface area (Å²) in [7, 11) is 0. The molecule has 0 amide bonds. The number of ether oxygens (including phenoxy) is 1. The molecule has 0 unspecified atom stereocenters. The average molecular weight is 467 g/mol. The van der Waals surface area contributed by atoms with E-state index in [0.29, 0.717) is 24.7 Å². The number of nitrogens with one attached hydrogen (secondary N) is 1. The number of aromatic nitrogens is 2. The smallest absolute Gasteiger partial charge is 0.325 e. The first-order valence-corrected chi connectivity index (χ1v) is 13.3. The van der Waals surface area contributed by atoms with E-state index < -0.39 is 0 Å². The predicted octanol–water partition coefficient (Wildman–Crippen LogP) is 4.65. The van der Waals surface area contributed by atoms with Gasteiger partial charge in [-0.2, -0.15) is 0 Å². The second-order valence-electron chi connectivity index (χ2n) is 10.2. The number of fused-ring (bicyclic) bond motifs is 3. The number of rotatable bonds is 6. The molecule has 1 saturated carbocycles. The fourth-order valence-electron chi connectivity index (χ4n) is 6.72. The van der Waals surface area contributed by atoms with E-state index in [0.717, 1.165) is 23.9 Å². The number of carbonyl (C=O) groups excluding carboxylic acids is 1. The molecular weight excluding hydrogens is 428 g/mol. The number of hydrogen-bond acceptors (Lipinski definition) is 6. The van der Waals surface area contributed by atoms with E-state index in [2.05, 4.69) is 15.2 Å². The highest BCUT2D eigenvalue weighted by Gasteiger charge is 2.44. The highest BCUT2D eigenvalue weighted by molar-refractivity contribution is 5.78. The quantitative estimate of drug-likeness (QED) is 0.625. The van der Waals surface area contributed by atoms with E-state index in [4.69, 9.17) is 4.74 Å². The summed E-state index contributed by atoms with van der Waals surface area (Å²) in [5.41, 5.74) is 1.54. The summed E-state index contributed by atoms with van der Waals surface area (Å²) in [4.78, 5) is 32.9. The van der Waals surface area contributed by atoms with E-state index in [1.165, 1.54) is 57.8 Å². The third-order valence-corrected chi connectivity index (χ3v) is 8.13. The molecule has 1 N–H and O–H groups in total. The van der Waals surface area contributed by atoms with Crippen molar-refractivity contribution in [3.8, 4) is 0 Å². The maximum absolute atomic E-state index is 13.6. The summed E-state index contributed by atoms with van der Waals surface area (Å²) in [6.45, 7) is 2.04. The Labute approximate surface area is 201 Å². The molecule has 3 aliphatic rings. The molecular formula is C27H38N4O3. The number of carbonyl (C=O) groups is 1. The molecule has 1 aromatic carbocycles. The minimum Gasteiger partial charge on any atom is -0.465 e. The lowest BCUT2D eigenvalue weighted by atomic mass is 9.89. The van der Waals surface area contributed by atoms with Crippen molar-refractivity contribution >= 4 is 22.8 Å². The maximum Gasteiger partial charge on any atom is 0.325 e. The van der Waals surface area contributed by atoms with Crippen LogP contribution in [-0.2, 0) is 9.53 Å². The largest absolute Gasteiger partial charge is 0.465 e. The van der Waals surface area contributed by atoms with Crippen LogP contribution in [0.3, 0.4) is 0 Å². The molecule has 1 aliphatic carbocycles. The van der Waals surface area contributed by atoms with Crippen molar-refractivity contribution in [3.05, 3.63) is 34.6 Å². The number of nitrogens with zero attached hydrogens (tertiary/aromatic N) is 3. The highest BCUT2D eigenvalue weighted by Crippen LogP contribution is 2.44. The number of hydrogen-bond donors (Lipinski definition) is 1. The van der Waals surface area contributed by atoms with Crippen molar-refractivity contribution in [2.24, 2.45) is 0 Å². The normalized spacial score (nSPS) is 26.2. The van der Waals surface area contributed by atoms with Gasteiger partial charge >= 0.3 is 5.97 Å². The summed E-state index contributed by atoms with van der Waals surface area (Å²) >= 11 is 0. The van der Waals surface area contributed by atoms with Crippen LogP contribution in [0.25, 0.3) is 11.0 Å². The molecule has 34 heavy (non-hydrogen) atoms. The molecule has 2 aliphatic heterocycles. The van der Waals surface area contributed by atoms with Gasteiger partial charge in [0.1, 0.15) is 6.54 Å². The van der Waals surface area contributed by atoms with E-state index in [9.17, 15) is 9.59 Å². The standard InChI is InChI=1S/C27H38N4O3/c1-2-34-25(32)18-28-26-27(33)31(24-13-9-8-12-23(24)29-26)22-16-20-14-15-21(17-22)30(20)19-10-6-4-3-5-7-11-19/h8-9,12-13,19-22H,2-7,10-11,14-18H2,1H3,(H,28,29)/t20-,21+,22-. The second-order valence-corrected chi connectivity index (χ2v) is 10.2. The van der Waals surface area contributed by atoms with Crippen molar-refractivity contribution in [2.45, 2.75) is 102 Å². The molecule has 3 heterocycles. The predicted molar refractivity (Wildman–Crippen MR) is 134 cm³/mol. The van der Waals surface area contributed by atoms with Gasteiger partial charge < -0.3 is 14.6 Å². The molecule has 2 saturated heterocycles. The minimum atomic E-state index is -0.381. The SMILES string of the molecule is CCOC(=O)CNc1nc2ccccc2n([C@@H]2C[C@H]3CC[C@@H](C2)N3C2CCCCCCC2)c1=O. The number of anilines is 1. The molecule has 7 nitrogen and oxygen atoms in total. The minimum absolute atomic E-state index is 0.0558. The Morgan fingerprint density at radius 2 is 1.65 bits per heavy atom. The van der Waals surface area contributed by atoms with Crippen LogP contribution in [0, 0.1) is 0 Å². The van der Waals surface area contributed by atoms with Crippen molar-refractivity contribution in [1.29, 1.82) is 0 Å². The lowest BCUT2D eigenvalue weighted by molar-refractivity contribution is -0.140. The van der Waals surface area contributed by atoms with Crippen LogP contribution in [0.2, 0.25) is 0 Å². The van der Waals surface area contributed by atoms with E-state index in [-0.39, 0.29) is 29.9 Å². The number of benzene rings is 1. The second kappa shape index (κ2) is 10.5. The zero-order valence-electron chi connectivity index (χ0n) is 20.4. The van der Waals surface area contributed by atoms with Gasteiger partial charge in [0, 0.05) is 24.2 Å². The summed E-state index contributed by atoms with van der Waals surface area (Å²) in [5.74, 6) is -0.143. The number of piperidine rings is 1. The topological polar surface area (TPSA) is 76.5 Å². The highest BCUT2D eigenvalue weighted by atomic mass is 16.5. The molecule has 2 aromatic rings. The average Bonchev–Trinajstić information content (AvgIpc) is 3.07. The monoisotopic (exact) mass is 466 g/mol. The Kier molecular flexibility index (Phi) is 7.18. The molecule has 0 radical (unpaired) electrons. The van der Waals surface area contributed by atoms with Gasteiger partial charge in [0.25, 0.3) is 5.56 Å². The van der Waals surface area contributed by atoms with Gasteiger partial charge in [-0.3, -0.25) is 14.5 Å².